The predicted octanol–water partition coefficient (Wildman–Crippen LogP) is 3.94. The Labute approximate surface area is 121 Å². The zero-order valence-corrected chi connectivity index (χ0v) is 12.0. The molecule has 0 aliphatic carbocycles. The molecule has 1 N–H and O–H groups in total. The quantitative estimate of drug-likeness (QED) is 0.786. The molecular formula is C16H15FN2S. The highest BCUT2D eigenvalue weighted by Gasteiger charge is 2.13. The van der Waals surface area contributed by atoms with Gasteiger partial charge in [-0.05, 0) is 36.9 Å². The lowest BCUT2D eigenvalue weighted by atomic mass is 10.0. The van der Waals surface area contributed by atoms with Crippen molar-refractivity contribution in [2.45, 2.75) is 12.5 Å². The van der Waals surface area contributed by atoms with Crippen molar-refractivity contribution in [3.8, 4) is 0 Å². The van der Waals surface area contributed by atoms with Gasteiger partial charge in [-0.3, -0.25) is 0 Å². The number of hydrogen-bond acceptors (Lipinski definition) is 3. The second-order valence-electron chi connectivity index (χ2n) is 4.68. The Balaban J connectivity index is 1.87. The number of para-hydroxylation sites is 1. The minimum Gasteiger partial charge on any atom is -0.313 e. The average Bonchev–Trinajstić information content (AvgIpc) is 2.87. The van der Waals surface area contributed by atoms with E-state index in [4.69, 9.17) is 0 Å². The molecule has 0 aliphatic heterocycles. The summed E-state index contributed by atoms with van der Waals surface area (Å²) >= 11 is 1.69. The summed E-state index contributed by atoms with van der Waals surface area (Å²) in [5.41, 5.74) is 1.98. The summed E-state index contributed by atoms with van der Waals surface area (Å²) < 4.78 is 14.5. The van der Waals surface area contributed by atoms with Crippen molar-refractivity contribution in [2.24, 2.45) is 0 Å². The Kier molecular flexibility index (Phi) is 3.76. The molecule has 1 aromatic heterocycles. The van der Waals surface area contributed by atoms with E-state index in [-0.39, 0.29) is 11.9 Å². The molecule has 0 fully saturated rings. The first-order chi connectivity index (χ1) is 9.76. The number of fused-ring (bicyclic) bond motifs is 1. The van der Waals surface area contributed by atoms with Crippen molar-refractivity contribution in [2.75, 3.05) is 7.05 Å². The summed E-state index contributed by atoms with van der Waals surface area (Å²) in [6.45, 7) is 0. The molecular weight excluding hydrogens is 271 g/mol. The zero-order valence-electron chi connectivity index (χ0n) is 11.1. The molecule has 0 spiro atoms. The smallest absolute Gasteiger partial charge is 0.123 e. The molecule has 20 heavy (non-hydrogen) atoms. The van der Waals surface area contributed by atoms with Crippen LogP contribution in [0.3, 0.4) is 0 Å². The number of thiazole rings is 1. The normalized spacial score (nSPS) is 12.7. The third kappa shape index (κ3) is 2.71. The van der Waals surface area contributed by atoms with Gasteiger partial charge in [0.2, 0.25) is 0 Å². The first-order valence-electron chi connectivity index (χ1n) is 6.53. The molecule has 3 aromatic rings. The lowest BCUT2D eigenvalue weighted by Gasteiger charge is -2.15. The van der Waals surface area contributed by atoms with E-state index in [1.54, 1.807) is 23.5 Å². The van der Waals surface area contributed by atoms with E-state index in [0.29, 0.717) is 0 Å². The molecule has 3 rings (SSSR count). The van der Waals surface area contributed by atoms with Crippen LogP contribution in [0.5, 0.6) is 0 Å². The van der Waals surface area contributed by atoms with Crippen LogP contribution < -0.4 is 5.32 Å². The van der Waals surface area contributed by atoms with Gasteiger partial charge in [-0.1, -0.05) is 24.3 Å². The zero-order chi connectivity index (χ0) is 13.9. The van der Waals surface area contributed by atoms with Crippen molar-refractivity contribution in [3.63, 3.8) is 0 Å². The molecule has 1 heterocycles. The monoisotopic (exact) mass is 286 g/mol. The van der Waals surface area contributed by atoms with Crippen LogP contribution in [0.15, 0.2) is 48.5 Å². The highest BCUT2D eigenvalue weighted by atomic mass is 32.1. The minimum atomic E-state index is -0.202. The standard InChI is InChI=1S/C16H15FN2S/c1-18-14(11-5-4-6-12(17)9-11)10-16-19-13-7-2-3-8-15(13)20-16/h2-9,14,18H,10H2,1H3. The Morgan fingerprint density at radius 2 is 2.05 bits per heavy atom. The largest absolute Gasteiger partial charge is 0.313 e. The van der Waals surface area contributed by atoms with Gasteiger partial charge in [-0.2, -0.15) is 0 Å². The van der Waals surface area contributed by atoms with E-state index in [9.17, 15) is 4.39 Å². The second kappa shape index (κ2) is 5.69. The molecule has 0 saturated heterocycles. The van der Waals surface area contributed by atoms with Gasteiger partial charge >= 0.3 is 0 Å². The van der Waals surface area contributed by atoms with E-state index in [1.165, 1.54) is 10.8 Å². The van der Waals surface area contributed by atoms with Crippen LogP contribution in [0.1, 0.15) is 16.6 Å². The van der Waals surface area contributed by atoms with Crippen LogP contribution in [0.4, 0.5) is 4.39 Å². The number of aromatic nitrogens is 1. The predicted molar refractivity (Wildman–Crippen MR) is 81.5 cm³/mol. The highest BCUT2D eigenvalue weighted by Crippen LogP contribution is 2.26. The third-order valence-corrected chi connectivity index (χ3v) is 4.38. The maximum atomic E-state index is 13.3. The van der Waals surface area contributed by atoms with Crippen LogP contribution in [0.25, 0.3) is 10.2 Å². The minimum absolute atomic E-state index is 0.0752. The first kappa shape index (κ1) is 13.2. The molecule has 1 atom stereocenters. The van der Waals surface area contributed by atoms with Crippen LogP contribution in [-0.2, 0) is 6.42 Å². The summed E-state index contributed by atoms with van der Waals surface area (Å²) in [4.78, 5) is 4.63. The van der Waals surface area contributed by atoms with Crippen molar-refractivity contribution in [1.29, 1.82) is 0 Å². The van der Waals surface area contributed by atoms with E-state index in [1.807, 2.05) is 31.3 Å². The van der Waals surface area contributed by atoms with Gasteiger partial charge in [0.15, 0.2) is 0 Å². The van der Waals surface area contributed by atoms with Gasteiger partial charge in [0.05, 0.1) is 15.2 Å². The molecule has 2 aromatic carbocycles. The van der Waals surface area contributed by atoms with E-state index >= 15 is 0 Å². The number of likely N-dealkylation sites (N-methyl/N-ethyl adjacent to an activating group) is 1. The molecule has 0 radical (unpaired) electrons. The van der Waals surface area contributed by atoms with Crippen molar-refractivity contribution >= 4 is 21.6 Å². The average molecular weight is 286 g/mol. The molecule has 0 bridgehead atoms. The summed E-state index contributed by atoms with van der Waals surface area (Å²) in [6.07, 6.45) is 0.763. The van der Waals surface area contributed by atoms with Crippen molar-refractivity contribution in [1.82, 2.24) is 10.3 Å². The summed E-state index contributed by atoms with van der Waals surface area (Å²) in [5, 5.41) is 4.30. The maximum absolute atomic E-state index is 13.3. The van der Waals surface area contributed by atoms with Gasteiger partial charge in [0, 0.05) is 12.5 Å². The fourth-order valence-electron chi connectivity index (χ4n) is 2.29. The van der Waals surface area contributed by atoms with E-state index in [0.717, 1.165) is 22.5 Å². The molecule has 2 nitrogen and oxygen atoms in total. The fraction of sp³-hybridized carbons (Fsp3) is 0.188. The number of halogens is 1. The van der Waals surface area contributed by atoms with Crippen LogP contribution in [0, 0.1) is 5.82 Å². The molecule has 0 aliphatic rings. The van der Waals surface area contributed by atoms with Gasteiger partial charge in [-0.15, -0.1) is 11.3 Å². The van der Waals surface area contributed by atoms with Crippen LogP contribution >= 0.6 is 11.3 Å². The number of nitrogens with zero attached hydrogens (tertiary/aromatic N) is 1. The van der Waals surface area contributed by atoms with Crippen LogP contribution in [0.2, 0.25) is 0 Å². The fourth-order valence-corrected chi connectivity index (χ4v) is 3.30. The molecule has 0 saturated carbocycles. The second-order valence-corrected chi connectivity index (χ2v) is 5.79. The summed E-state index contributed by atoms with van der Waals surface area (Å²) in [6, 6.07) is 14.9. The van der Waals surface area contributed by atoms with Gasteiger partial charge in [-0.25, -0.2) is 9.37 Å². The number of benzene rings is 2. The lowest BCUT2D eigenvalue weighted by molar-refractivity contribution is 0.576. The molecule has 102 valence electrons. The Morgan fingerprint density at radius 1 is 1.20 bits per heavy atom. The molecule has 1 unspecified atom stereocenters. The van der Waals surface area contributed by atoms with Crippen molar-refractivity contribution < 1.29 is 4.39 Å². The lowest BCUT2D eigenvalue weighted by Crippen LogP contribution is -2.18. The van der Waals surface area contributed by atoms with Crippen LogP contribution in [-0.4, -0.2) is 12.0 Å². The van der Waals surface area contributed by atoms with E-state index in [2.05, 4.69) is 16.4 Å². The third-order valence-electron chi connectivity index (χ3n) is 3.32. The van der Waals surface area contributed by atoms with Gasteiger partial charge in [0.25, 0.3) is 0 Å². The van der Waals surface area contributed by atoms with E-state index < -0.39 is 0 Å². The highest BCUT2D eigenvalue weighted by molar-refractivity contribution is 7.18. The number of rotatable bonds is 4. The van der Waals surface area contributed by atoms with Gasteiger partial charge < -0.3 is 5.32 Å². The maximum Gasteiger partial charge on any atom is 0.123 e. The summed E-state index contributed by atoms with van der Waals surface area (Å²) in [7, 11) is 1.89. The first-order valence-corrected chi connectivity index (χ1v) is 7.35. The SMILES string of the molecule is CNC(Cc1nc2ccccc2s1)c1cccc(F)c1. The van der Waals surface area contributed by atoms with Crippen molar-refractivity contribution in [3.05, 3.63) is 64.9 Å². The topological polar surface area (TPSA) is 24.9 Å². The number of nitrogens with one attached hydrogen (secondary N) is 1. The molecule has 4 heteroatoms. The Morgan fingerprint density at radius 3 is 2.80 bits per heavy atom. The number of hydrogen-bond donors (Lipinski definition) is 1. The Hall–Kier alpha value is -1.78. The summed E-state index contributed by atoms with van der Waals surface area (Å²) in [5.74, 6) is -0.202. The Bertz CT molecular complexity index is 690. The van der Waals surface area contributed by atoms with Gasteiger partial charge in [0.1, 0.15) is 5.82 Å². The molecule has 0 amide bonds.